The van der Waals surface area contributed by atoms with E-state index >= 15 is 0 Å². The second kappa shape index (κ2) is 11.4. The summed E-state index contributed by atoms with van der Waals surface area (Å²) in [5.74, 6) is 2.27. The Morgan fingerprint density at radius 3 is 2.71 bits per heavy atom. The summed E-state index contributed by atoms with van der Waals surface area (Å²) in [5, 5.41) is 0. The standard InChI is InChI=1S/C24H37N3O4/c1-19-23(31-15-14-30-19)24(28)27(13-12-25(2)3)17-20-8-7-11-26(16-20)18-21-9-5-6-10-22(21)29-4/h5-6,9-10,20H,7-8,11-18H2,1-4H3/t20-/m0/s1. The summed E-state index contributed by atoms with van der Waals surface area (Å²) in [5.41, 5.74) is 1.21. The van der Waals surface area contributed by atoms with Crippen molar-refractivity contribution < 1.29 is 19.0 Å². The van der Waals surface area contributed by atoms with E-state index in [4.69, 9.17) is 14.2 Å². The third kappa shape index (κ3) is 6.61. The summed E-state index contributed by atoms with van der Waals surface area (Å²) in [6.07, 6.45) is 2.26. The van der Waals surface area contributed by atoms with E-state index in [0.29, 0.717) is 37.2 Å². The fourth-order valence-electron chi connectivity index (χ4n) is 4.29. The third-order valence-electron chi connectivity index (χ3n) is 5.93. The maximum atomic E-state index is 13.3. The lowest BCUT2D eigenvalue weighted by Gasteiger charge is -2.36. The molecule has 0 unspecified atom stereocenters. The summed E-state index contributed by atoms with van der Waals surface area (Å²) in [4.78, 5) is 19.8. The number of likely N-dealkylation sites (N-methyl/N-ethyl adjacent to an activating group) is 1. The number of ether oxygens (including phenoxy) is 3. The quantitative estimate of drug-likeness (QED) is 0.599. The number of benzene rings is 1. The minimum absolute atomic E-state index is 0.0547. The van der Waals surface area contributed by atoms with Gasteiger partial charge >= 0.3 is 0 Å². The predicted octanol–water partition coefficient (Wildman–Crippen LogP) is 2.58. The number of carbonyl (C=O) groups excluding carboxylic acids is 1. The molecule has 1 saturated heterocycles. The lowest BCUT2D eigenvalue weighted by Crippen LogP contribution is -2.45. The van der Waals surface area contributed by atoms with Crippen LogP contribution in [0.4, 0.5) is 0 Å². The molecule has 0 aromatic heterocycles. The van der Waals surface area contributed by atoms with Crippen LogP contribution in [0.15, 0.2) is 35.8 Å². The van der Waals surface area contributed by atoms with Crippen LogP contribution in [0.2, 0.25) is 0 Å². The number of allylic oxidation sites excluding steroid dienone is 1. The zero-order valence-electron chi connectivity index (χ0n) is 19.4. The summed E-state index contributed by atoms with van der Waals surface area (Å²) >= 11 is 0. The molecule has 0 radical (unpaired) electrons. The van der Waals surface area contributed by atoms with E-state index in [2.05, 4.69) is 21.9 Å². The second-order valence-corrected chi connectivity index (χ2v) is 8.69. The molecule has 3 rings (SSSR count). The van der Waals surface area contributed by atoms with Gasteiger partial charge in [0.05, 0.1) is 7.11 Å². The molecule has 31 heavy (non-hydrogen) atoms. The molecule has 1 amide bonds. The number of carbonyl (C=O) groups is 1. The Morgan fingerprint density at radius 1 is 1.19 bits per heavy atom. The topological polar surface area (TPSA) is 54.5 Å². The van der Waals surface area contributed by atoms with Gasteiger partial charge in [0, 0.05) is 38.3 Å². The first-order valence-corrected chi connectivity index (χ1v) is 11.2. The van der Waals surface area contributed by atoms with E-state index in [9.17, 15) is 4.79 Å². The van der Waals surface area contributed by atoms with Crippen LogP contribution in [-0.4, -0.2) is 87.7 Å². The summed E-state index contributed by atoms with van der Waals surface area (Å²) in [6.45, 7) is 7.87. The van der Waals surface area contributed by atoms with Crippen molar-refractivity contribution in [3.63, 3.8) is 0 Å². The molecule has 2 aliphatic rings. The lowest BCUT2D eigenvalue weighted by atomic mass is 9.96. The van der Waals surface area contributed by atoms with Gasteiger partial charge in [-0.2, -0.15) is 0 Å². The van der Waals surface area contributed by atoms with Crippen molar-refractivity contribution in [2.45, 2.75) is 26.3 Å². The Balaban J connectivity index is 1.66. The van der Waals surface area contributed by atoms with Gasteiger partial charge in [-0.15, -0.1) is 0 Å². The van der Waals surface area contributed by atoms with Crippen molar-refractivity contribution in [2.24, 2.45) is 5.92 Å². The Bertz CT molecular complexity index is 765. The molecular formula is C24H37N3O4. The van der Waals surface area contributed by atoms with Crippen LogP contribution >= 0.6 is 0 Å². The van der Waals surface area contributed by atoms with Crippen molar-refractivity contribution in [1.82, 2.24) is 14.7 Å². The smallest absolute Gasteiger partial charge is 0.292 e. The number of rotatable bonds is 9. The number of piperidine rings is 1. The molecule has 0 aliphatic carbocycles. The fraction of sp³-hybridized carbons (Fsp3) is 0.625. The van der Waals surface area contributed by atoms with E-state index < -0.39 is 0 Å². The second-order valence-electron chi connectivity index (χ2n) is 8.69. The number of likely N-dealkylation sites (tertiary alicyclic amines) is 1. The molecule has 2 aliphatic heterocycles. The number of methoxy groups -OCH3 is 1. The van der Waals surface area contributed by atoms with Crippen LogP contribution < -0.4 is 4.74 Å². The molecule has 7 nitrogen and oxygen atoms in total. The maximum absolute atomic E-state index is 13.3. The zero-order valence-corrected chi connectivity index (χ0v) is 19.4. The highest BCUT2D eigenvalue weighted by molar-refractivity contribution is 5.92. The Kier molecular flexibility index (Phi) is 8.60. The number of nitrogens with zero attached hydrogens (tertiary/aromatic N) is 3. The van der Waals surface area contributed by atoms with Crippen LogP contribution in [0, 0.1) is 5.92 Å². The molecule has 0 bridgehead atoms. The first kappa shape index (κ1) is 23.4. The Hall–Kier alpha value is -2.25. The number of hydrogen-bond donors (Lipinski definition) is 0. The fourth-order valence-corrected chi connectivity index (χ4v) is 4.29. The van der Waals surface area contributed by atoms with Gasteiger partial charge in [0.25, 0.3) is 5.91 Å². The van der Waals surface area contributed by atoms with Gasteiger partial charge < -0.3 is 24.0 Å². The molecule has 7 heteroatoms. The van der Waals surface area contributed by atoms with Crippen LogP contribution in [0.3, 0.4) is 0 Å². The SMILES string of the molecule is COc1ccccc1CN1CCC[C@H](CN(CCN(C)C)C(=O)C2=C(C)OCCO2)C1. The highest BCUT2D eigenvalue weighted by Gasteiger charge is 2.29. The molecule has 2 heterocycles. The Morgan fingerprint density at radius 2 is 1.97 bits per heavy atom. The average molecular weight is 432 g/mol. The monoisotopic (exact) mass is 431 g/mol. The summed E-state index contributed by atoms with van der Waals surface area (Å²) < 4.78 is 16.8. The van der Waals surface area contributed by atoms with E-state index in [1.165, 1.54) is 5.56 Å². The highest BCUT2D eigenvalue weighted by atomic mass is 16.6. The van der Waals surface area contributed by atoms with Gasteiger partial charge in [-0.3, -0.25) is 9.69 Å². The summed E-state index contributed by atoms with van der Waals surface area (Å²) in [7, 11) is 5.78. The predicted molar refractivity (Wildman–Crippen MR) is 121 cm³/mol. The van der Waals surface area contributed by atoms with Gasteiger partial charge in [-0.1, -0.05) is 18.2 Å². The molecule has 1 aromatic carbocycles. The molecular weight excluding hydrogens is 394 g/mol. The molecule has 0 spiro atoms. The minimum atomic E-state index is -0.0547. The van der Waals surface area contributed by atoms with E-state index in [-0.39, 0.29) is 5.91 Å². The first-order valence-electron chi connectivity index (χ1n) is 11.2. The normalized spacial score (nSPS) is 19.7. The summed E-state index contributed by atoms with van der Waals surface area (Å²) in [6, 6.07) is 8.21. The first-order chi connectivity index (χ1) is 15.0. The Labute approximate surface area is 186 Å². The van der Waals surface area contributed by atoms with Crippen molar-refractivity contribution >= 4 is 5.91 Å². The number of para-hydroxylation sites is 1. The molecule has 172 valence electrons. The van der Waals surface area contributed by atoms with E-state index in [1.54, 1.807) is 7.11 Å². The molecule has 1 fully saturated rings. The van der Waals surface area contributed by atoms with E-state index in [0.717, 1.165) is 51.3 Å². The van der Waals surface area contributed by atoms with Crippen LogP contribution in [0.25, 0.3) is 0 Å². The maximum Gasteiger partial charge on any atom is 0.292 e. The molecule has 1 atom stereocenters. The minimum Gasteiger partial charge on any atom is -0.496 e. The van der Waals surface area contributed by atoms with Crippen molar-refractivity contribution in [2.75, 3.05) is 67.1 Å². The van der Waals surface area contributed by atoms with Gasteiger partial charge in [-0.25, -0.2) is 0 Å². The van der Waals surface area contributed by atoms with Crippen LogP contribution in [-0.2, 0) is 20.8 Å². The van der Waals surface area contributed by atoms with E-state index in [1.807, 2.05) is 38.1 Å². The van der Waals surface area contributed by atoms with Crippen LogP contribution in [0.5, 0.6) is 5.75 Å². The highest BCUT2D eigenvalue weighted by Crippen LogP contribution is 2.25. The lowest BCUT2D eigenvalue weighted by molar-refractivity contribution is -0.133. The van der Waals surface area contributed by atoms with Crippen molar-refractivity contribution in [3.8, 4) is 5.75 Å². The van der Waals surface area contributed by atoms with Crippen molar-refractivity contribution in [3.05, 3.63) is 41.3 Å². The van der Waals surface area contributed by atoms with Crippen molar-refractivity contribution in [1.29, 1.82) is 0 Å². The van der Waals surface area contributed by atoms with Gasteiger partial charge in [0.1, 0.15) is 24.7 Å². The average Bonchev–Trinajstić information content (AvgIpc) is 2.77. The molecule has 0 saturated carbocycles. The number of hydrogen-bond acceptors (Lipinski definition) is 6. The molecule has 1 aromatic rings. The van der Waals surface area contributed by atoms with Gasteiger partial charge in [-0.05, 0) is 52.4 Å². The van der Waals surface area contributed by atoms with Gasteiger partial charge in [0.15, 0.2) is 0 Å². The zero-order chi connectivity index (χ0) is 22.2. The third-order valence-corrected chi connectivity index (χ3v) is 5.93. The molecule has 0 N–H and O–H groups in total. The van der Waals surface area contributed by atoms with Gasteiger partial charge in [0.2, 0.25) is 5.76 Å². The van der Waals surface area contributed by atoms with Crippen LogP contribution in [0.1, 0.15) is 25.3 Å². The number of amides is 1. The largest absolute Gasteiger partial charge is 0.496 e.